The van der Waals surface area contributed by atoms with Crippen LogP contribution in [0, 0.1) is 10.1 Å². The van der Waals surface area contributed by atoms with Crippen LogP contribution in [0.1, 0.15) is 25.0 Å². The molecule has 0 amide bonds. The van der Waals surface area contributed by atoms with Crippen molar-refractivity contribution < 1.29 is 19.2 Å². The summed E-state index contributed by atoms with van der Waals surface area (Å²) < 4.78 is 10.4. The first-order valence-corrected chi connectivity index (χ1v) is 7.50. The molecule has 0 aliphatic heterocycles. The number of esters is 1. The Hall–Kier alpha value is -2.89. The number of carbonyl (C=O) groups is 1. The minimum atomic E-state index is -1.33. The van der Waals surface area contributed by atoms with E-state index in [-0.39, 0.29) is 11.3 Å². The largest absolute Gasteiger partial charge is 0.494 e. The van der Waals surface area contributed by atoms with Crippen molar-refractivity contribution in [2.24, 2.45) is 0 Å². The normalized spacial score (nSPS) is 13.0. The lowest BCUT2D eigenvalue weighted by atomic mass is 9.75. The lowest BCUT2D eigenvalue weighted by Gasteiger charge is -2.27. The SMILES string of the molecule is CCOc1ccc([N+](=O)[O-])c(C(C)(C(=O)OC)c2ccccc2)c1. The van der Waals surface area contributed by atoms with Gasteiger partial charge in [0.2, 0.25) is 0 Å². The van der Waals surface area contributed by atoms with E-state index in [9.17, 15) is 14.9 Å². The Labute approximate surface area is 140 Å². The summed E-state index contributed by atoms with van der Waals surface area (Å²) in [5, 5.41) is 11.5. The molecule has 0 heterocycles. The van der Waals surface area contributed by atoms with Gasteiger partial charge in [0, 0.05) is 6.07 Å². The molecule has 1 atom stereocenters. The van der Waals surface area contributed by atoms with Gasteiger partial charge < -0.3 is 9.47 Å². The highest BCUT2D eigenvalue weighted by molar-refractivity contribution is 5.88. The number of nitrogens with zero attached hydrogens (tertiary/aromatic N) is 1. The second-order valence-electron chi connectivity index (χ2n) is 5.35. The number of hydrogen-bond acceptors (Lipinski definition) is 5. The molecule has 2 rings (SSSR count). The standard InChI is InChI=1S/C18H19NO5/c1-4-24-14-10-11-16(19(21)22)15(12-14)18(2,17(20)23-3)13-8-6-5-7-9-13/h5-12H,4H2,1-3H3. The number of nitro groups is 1. The third-order valence-electron chi connectivity index (χ3n) is 3.96. The van der Waals surface area contributed by atoms with Crippen LogP contribution in [0.2, 0.25) is 0 Å². The summed E-state index contributed by atoms with van der Waals surface area (Å²) in [4.78, 5) is 23.6. The van der Waals surface area contributed by atoms with Crippen LogP contribution in [0.3, 0.4) is 0 Å². The second-order valence-corrected chi connectivity index (χ2v) is 5.35. The zero-order valence-corrected chi connectivity index (χ0v) is 13.8. The molecular formula is C18H19NO5. The van der Waals surface area contributed by atoms with Gasteiger partial charge in [0.05, 0.1) is 24.2 Å². The molecule has 1 unspecified atom stereocenters. The molecule has 0 spiro atoms. The molecule has 0 saturated carbocycles. The molecule has 0 aliphatic rings. The third-order valence-corrected chi connectivity index (χ3v) is 3.96. The minimum absolute atomic E-state index is 0.157. The van der Waals surface area contributed by atoms with Crippen molar-refractivity contribution in [2.45, 2.75) is 19.3 Å². The maximum Gasteiger partial charge on any atom is 0.320 e. The number of hydrogen-bond donors (Lipinski definition) is 0. The van der Waals surface area contributed by atoms with Gasteiger partial charge in [-0.2, -0.15) is 0 Å². The van der Waals surface area contributed by atoms with Crippen molar-refractivity contribution in [1.82, 2.24) is 0 Å². The highest BCUT2D eigenvalue weighted by Crippen LogP contribution is 2.40. The average Bonchev–Trinajstić information content (AvgIpc) is 2.61. The molecular weight excluding hydrogens is 310 g/mol. The van der Waals surface area contributed by atoms with Crippen LogP contribution in [0.25, 0.3) is 0 Å². The summed E-state index contributed by atoms with van der Waals surface area (Å²) >= 11 is 0. The van der Waals surface area contributed by atoms with E-state index in [2.05, 4.69) is 0 Å². The molecule has 0 fully saturated rings. The number of ether oxygens (including phenoxy) is 2. The monoisotopic (exact) mass is 329 g/mol. The maximum absolute atomic E-state index is 12.6. The molecule has 0 saturated heterocycles. The quantitative estimate of drug-likeness (QED) is 0.460. The van der Waals surface area contributed by atoms with Crippen molar-refractivity contribution in [2.75, 3.05) is 13.7 Å². The molecule has 0 radical (unpaired) electrons. The summed E-state index contributed by atoms with van der Waals surface area (Å²) in [6, 6.07) is 13.3. The first kappa shape index (κ1) is 17.5. The van der Waals surface area contributed by atoms with Crippen LogP contribution < -0.4 is 4.74 Å². The highest BCUT2D eigenvalue weighted by Gasteiger charge is 2.43. The summed E-state index contributed by atoms with van der Waals surface area (Å²) in [5.41, 5.74) is -0.647. The van der Waals surface area contributed by atoms with Gasteiger partial charge in [0.15, 0.2) is 0 Å². The Kier molecular flexibility index (Phi) is 5.18. The van der Waals surface area contributed by atoms with Crippen molar-refractivity contribution in [3.63, 3.8) is 0 Å². The Balaban J connectivity index is 2.76. The van der Waals surface area contributed by atoms with Crippen molar-refractivity contribution >= 4 is 11.7 Å². The Morgan fingerprint density at radius 3 is 2.42 bits per heavy atom. The summed E-state index contributed by atoms with van der Waals surface area (Å²) in [7, 11) is 1.27. The molecule has 0 aromatic heterocycles. The lowest BCUT2D eigenvalue weighted by Crippen LogP contribution is -2.35. The van der Waals surface area contributed by atoms with E-state index in [4.69, 9.17) is 9.47 Å². The fourth-order valence-corrected chi connectivity index (χ4v) is 2.69. The van der Waals surface area contributed by atoms with E-state index in [1.165, 1.54) is 25.3 Å². The molecule has 2 aromatic carbocycles. The first-order valence-electron chi connectivity index (χ1n) is 7.50. The molecule has 6 heteroatoms. The highest BCUT2D eigenvalue weighted by atomic mass is 16.6. The van der Waals surface area contributed by atoms with Gasteiger partial charge in [0.25, 0.3) is 5.69 Å². The number of methoxy groups -OCH3 is 1. The van der Waals surface area contributed by atoms with Crippen LogP contribution >= 0.6 is 0 Å². The van der Waals surface area contributed by atoms with Crippen LogP contribution in [-0.2, 0) is 14.9 Å². The van der Waals surface area contributed by atoms with Crippen LogP contribution in [0.15, 0.2) is 48.5 Å². The molecule has 0 N–H and O–H groups in total. The van der Waals surface area contributed by atoms with Gasteiger partial charge in [-0.3, -0.25) is 14.9 Å². The average molecular weight is 329 g/mol. The summed E-state index contributed by atoms with van der Waals surface area (Å²) in [6.45, 7) is 3.85. The van der Waals surface area contributed by atoms with Crippen molar-refractivity contribution in [3.05, 3.63) is 69.8 Å². The van der Waals surface area contributed by atoms with E-state index < -0.39 is 16.3 Å². The zero-order chi connectivity index (χ0) is 17.7. The van der Waals surface area contributed by atoms with Crippen LogP contribution in [0.5, 0.6) is 5.75 Å². The molecule has 0 bridgehead atoms. The molecule has 126 valence electrons. The number of nitro benzene ring substituents is 1. The molecule has 2 aromatic rings. The fraction of sp³-hybridized carbons (Fsp3) is 0.278. The molecule has 24 heavy (non-hydrogen) atoms. The van der Waals surface area contributed by atoms with Crippen molar-refractivity contribution in [3.8, 4) is 5.75 Å². The summed E-state index contributed by atoms with van der Waals surface area (Å²) in [6.07, 6.45) is 0. The van der Waals surface area contributed by atoms with E-state index in [1.54, 1.807) is 31.2 Å². The summed E-state index contributed by atoms with van der Waals surface area (Å²) in [5.74, 6) is -0.116. The fourth-order valence-electron chi connectivity index (χ4n) is 2.69. The van der Waals surface area contributed by atoms with Gasteiger partial charge >= 0.3 is 5.97 Å². The van der Waals surface area contributed by atoms with Crippen LogP contribution in [-0.4, -0.2) is 24.6 Å². The second kappa shape index (κ2) is 7.12. The Morgan fingerprint density at radius 1 is 1.21 bits per heavy atom. The van der Waals surface area contributed by atoms with E-state index >= 15 is 0 Å². The van der Waals surface area contributed by atoms with Crippen LogP contribution in [0.4, 0.5) is 5.69 Å². The molecule has 6 nitrogen and oxygen atoms in total. The Bertz CT molecular complexity index is 744. The predicted molar refractivity (Wildman–Crippen MR) is 89.2 cm³/mol. The third kappa shape index (κ3) is 3.08. The predicted octanol–water partition coefficient (Wildman–Crippen LogP) is 3.47. The topological polar surface area (TPSA) is 78.7 Å². The van der Waals surface area contributed by atoms with E-state index in [0.29, 0.717) is 17.9 Å². The van der Waals surface area contributed by atoms with E-state index in [1.807, 2.05) is 13.0 Å². The smallest absolute Gasteiger partial charge is 0.320 e. The van der Waals surface area contributed by atoms with Crippen molar-refractivity contribution in [1.29, 1.82) is 0 Å². The lowest BCUT2D eigenvalue weighted by molar-refractivity contribution is -0.385. The number of rotatable bonds is 6. The van der Waals surface area contributed by atoms with Gasteiger partial charge in [-0.05, 0) is 31.5 Å². The molecule has 0 aliphatic carbocycles. The number of carbonyl (C=O) groups excluding carboxylic acids is 1. The first-order chi connectivity index (χ1) is 11.4. The number of benzene rings is 2. The van der Waals surface area contributed by atoms with Gasteiger partial charge in [0.1, 0.15) is 11.2 Å². The minimum Gasteiger partial charge on any atom is -0.494 e. The van der Waals surface area contributed by atoms with Gasteiger partial charge in [-0.1, -0.05) is 30.3 Å². The Morgan fingerprint density at radius 2 is 1.88 bits per heavy atom. The maximum atomic E-state index is 12.6. The van der Waals surface area contributed by atoms with E-state index in [0.717, 1.165) is 0 Å². The van der Waals surface area contributed by atoms with Gasteiger partial charge in [-0.25, -0.2) is 0 Å². The van der Waals surface area contributed by atoms with Gasteiger partial charge in [-0.15, -0.1) is 0 Å². The zero-order valence-electron chi connectivity index (χ0n) is 13.8.